The van der Waals surface area contributed by atoms with Crippen LogP contribution in [0.2, 0.25) is 5.02 Å². The summed E-state index contributed by atoms with van der Waals surface area (Å²) in [6.45, 7) is 5.59. The smallest absolute Gasteiger partial charge is 0.269 e. The van der Waals surface area contributed by atoms with Crippen molar-refractivity contribution in [3.05, 3.63) is 38.9 Å². The Hall–Kier alpha value is -1.17. The topological polar surface area (TPSA) is 58.4 Å². The third kappa shape index (κ3) is 3.19. The van der Waals surface area contributed by atoms with Crippen molar-refractivity contribution in [1.82, 2.24) is 10.2 Å². The fraction of sp³-hybridized carbons (Fsp3) is 0.500. The van der Waals surface area contributed by atoms with Gasteiger partial charge >= 0.3 is 0 Å². The van der Waals surface area contributed by atoms with Crippen molar-refractivity contribution < 1.29 is 4.92 Å². The number of halogens is 1. The van der Waals surface area contributed by atoms with E-state index in [0.717, 1.165) is 25.2 Å². The van der Waals surface area contributed by atoms with Gasteiger partial charge in [0.25, 0.3) is 5.69 Å². The molecule has 1 aliphatic heterocycles. The molecule has 6 heteroatoms. The van der Waals surface area contributed by atoms with E-state index < -0.39 is 0 Å². The number of benzene rings is 1. The Bertz CT molecular complexity index is 453. The summed E-state index contributed by atoms with van der Waals surface area (Å²) in [4.78, 5) is 12.6. The zero-order valence-electron chi connectivity index (χ0n) is 10.2. The van der Waals surface area contributed by atoms with Gasteiger partial charge in [-0.15, -0.1) is 0 Å². The van der Waals surface area contributed by atoms with Gasteiger partial charge in [0.05, 0.1) is 4.92 Å². The van der Waals surface area contributed by atoms with Crippen molar-refractivity contribution in [2.45, 2.75) is 19.5 Å². The average Bonchev–Trinajstić information content (AvgIpc) is 2.31. The summed E-state index contributed by atoms with van der Waals surface area (Å²) in [5.41, 5.74) is 0.914. The summed E-state index contributed by atoms with van der Waals surface area (Å²) in [6, 6.07) is 5.04. The van der Waals surface area contributed by atoms with Crippen LogP contribution < -0.4 is 5.32 Å². The van der Waals surface area contributed by atoms with E-state index in [1.165, 1.54) is 6.07 Å². The number of non-ortho nitro benzene ring substituents is 1. The van der Waals surface area contributed by atoms with E-state index in [-0.39, 0.29) is 10.6 Å². The molecule has 0 saturated carbocycles. The van der Waals surface area contributed by atoms with Crippen LogP contribution in [0.25, 0.3) is 0 Å². The first kappa shape index (κ1) is 13.3. The summed E-state index contributed by atoms with van der Waals surface area (Å²) < 4.78 is 0. The first-order valence-corrected chi connectivity index (χ1v) is 6.32. The van der Waals surface area contributed by atoms with E-state index in [1.54, 1.807) is 12.1 Å². The number of nitro groups is 1. The molecule has 0 bridgehead atoms. The molecule has 1 saturated heterocycles. The molecule has 0 aliphatic carbocycles. The van der Waals surface area contributed by atoms with Gasteiger partial charge in [-0.2, -0.15) is 0 Å². The van der Waals surface area contributed by atoms with Gasteiger partial charge in [-0.05, 0) is 18.6 Å². The molecule has 1 aliphatic rings. The minimum Gasteiger partial charge on any atom is -0.312 e. The van der Waals surface area contributed by atoms with Gasteiger partial charge in [0.2, 0.25) is 0 Å². The highest BCUT2D eigenvalue weighted by atomic mass is 35.5. The van der Waals surface area contributed by atoms with Crippen LogP contribution in [0.5, 0.6) is 0 Å². The van der Waals surface area contributed by atoms with E-state index in [0.29, 0.717) is 17.6 Å². The van der Waals surface area contributed by atoms with E-state index in [9.17, 15) is 10.1 Å². The van der Waals surface area contributed by atoms with Crippen LogP contribution in [0.15, 0.2) is 18.2 Å². The van der Waals surface area contributed by atoms with Crippen LogP contribution in [0.1, 0.15) is 12.5 Å². The van der Waals surface area contributed by atoms with Crippen LogP contribution in [0.4, 0.5) is 5.69 Å². The number of piperazine rings is 1. The largest absolute Gasteiger partial charge is 0.312 e. The Balaban J connectivity index is 2.12. The fourth-order valence-corrected chi connectivity index (χ4v) is 2.37. The Morgan fingerprint density at radius 1 is 1.61 bits per heavy atom. The fourth-order valence-electron chi connectivity index (χ4n) is 2.19. The predicted octanol–water partition coefficient (Wildman–Crippen LogP) is 2.04. The van der Waals surface area contributed by atoms with Gasteiger partial charge in [-0.3, -0.25) is 15.0 Å². The number of nitrogens with one attached hydrogen (secondary N) is 1. The van der Waals surface area contributed by atoms with E-state index >= 15 is 0 Å². The van der Waals surface area contributed by atoms with Gasteiger partial charge in [0.1, 0.15) is 0 Å². The molecule has 0 amide bonds. The molecule has 2 rings (SSSR count). The maximum atomic E-state index is 10.7. The molecule has 1 aromatic carbocycles. The monoisotopic (exact) mass is 269 g/mol. The molecule has 0 unspecified atom stereocenters. The molecular formula is C12H16ClN3O2. The maximum Gasteiger partial charge on any atom is 0.269 e. The van der Waals surface area contributed by atoms with E-state index in [4.69, 9.17) is 11.6 Å². The van der Waals surface area contributed by atoms with Crippen molar-refractivity contribution >= 4 is 17.3 Å². The van der Waals surface area contributed by atoms with Gasteiger partial charge in [-0.25, -0.2) is 0 Å². The lowest BCUT2D eigenvalue weighted by Crippen LogP contribution is -2.48. The zero-order chi connectivity index (χ0) is 13.1. The van der Waals surface area contributed by atoms with Gasteiger partial charge in [-0.1, -0.05) is 11.6 Å². The lowest BCUT2D eigenvalue weighted by Gasteiger charge is -2.31. The normalized spacial score (nSPS) is 20.9. The Kier molecular flexibility index (Phi) is 4.16. The Labute approximate surface area is 111 Å². The van der Waals surface area contributed by atoms with Gasteiger partial charge < -0.3 is 5.32 Å². The van der Waals surface area contributed by atoms with Crippen LogP contribution >= 0.6 is 11.6 Å². The summed E-state index contributed by atoms with van der Waals surface area (Å²) in [7, 11) is 0. The maximum absolute atomic E-state index is 10.7. The van der Waals surface area contributed by atoms with Crippen molar-refractivity contribution in [3.63, 3.8) is 0 Å². The number of nitro benzene ring substituents is 1. The first-order valence-electron chi connectivity index (χ1n) is 5.95. The molecule has 1 N–H and O–H groups in total. The number of rotatable bonds is 3. The molecule has 1 aromatic rings. The Morgan fingerprint density at radius 3 is 3.06 bits per heavy atom. The van der Waals surface area contributed by atoms with Gasteiger partial charge in [0, 0.05) is 49.4 Å². The molecule has 0 radical (unpaired) electrons. The molecule has 0 aromatic heterocycles. The molecule has 98 valence electrons. The molecule has 1 fully saturated rings. The highest BCUT2D eigenvalue weighted by Crippen LogP contribution is 2.23. The van der Waals surface area contributed by atoms with Gasteiger partial charge in [0.15, 0.2) is 0 Å². The predicted molar refractivity (Wildman–Crippen MR) is 70.8 cm³/mol. The second-order valence-electron chi connectivity index (χ2n) is 4.62. The standard InChI is InChI=1S/C12H16ClN3O2/c1-9-7-15(5-4-14-9)8-10-6-11(16(17)18)2-3-12(10)13/h2-3,6,9,14H,4-5,7-8H2,1H3/t9-/m1/s1. The molecule has 0 spiro atoms. The first-order chi connectivity index (χ1) is 8.56. The Morgan fingerprint density at radius 2 is 2.39 bits per heavy atom. The molecule has 18 heavy (non-hydrogen) atoms. The van der Waals surface area contributed by atoms with Crippen molar-refractivity contribution in [1.29, 1.82) is 0 Å². The number of hydrogen-bond acceptors (Lipinski definition) is 4. The summed E-state index contributed by atoms with van der Waals surface area (Å²) in [5.74, 6) is 0. The van der Waals surface area contributed by atoms with Crippen LogP contribution in [-0.4, -0.2) is 35.5 Å². The van der Waals surface area contributed by atoms with E-state index in [1.807, 2.05) is 0 Å². The molecular weight excluding hydrogens is 254 g/mol. The lowest BCUT2D eigenvalue weighted by molar-refractivity contribution is -0.384. The average molecular weight is 270 g/mol. The second-order valence-corrected chi connectivity index (χ2v) is 5.03. The second kappa shape index (κ2) is 5.65. The summed E-state index contributed by atoms with van der Waals surface area (Å²) in [6.07, 6.45) is 0. The SMILES string of the molecule is C[C@@H]1CN(Cc2cc([N+](=O)[O-])ccc2Cl)CCN1. The molecule has 1 heterocycles. The lowest BCUT2D eigenvalue weighted by atomic mass is 10.1. The molecule has 5 nitrogen and oxygen atoms in total. The number of nitrogens with zero attached hydrogens (tertiary/aromatic N) is 2. The highest BCUT2D eigenvalue weighted by molar-refractivity contribution is 6.31. The third-order valence-corrected chi connectivity index (χ3v) is 3.46. The van der Waals surface area contributed by atoms with Crippen LogP contribution in [0, 0.1) is 10.1 Å². The highest BCUT2D eigenvalue weighted by Gasteiger charge is 2.18. The zero-order valence-corrected chi connectivity index (χ0v) is 11.0. The minimum atomic E-state index is -0.389. The summed E-state index contributed by atoms with van der Waals surface area (Å²) in [5, 5.41) is 14.7. The van der Waals surface area contributed by atoms with Crippen LogP contribution in [-0.2, 0) is 6.54 Å². The third-order valence-electron chi connectivity index (χ3n) is 3.09. The van der Waals surface area contributed by atoms with Crippen molar-refractivity contribution in [2.24, 2.45) is 0 Å². The molecule has 1 atom stereocenters. The quantitative estimate of drug-likeness (QED) is 0.674. The van der Waals surface area contributed by atoms with Crippen molar-refractivity contribution in [2.75, 3.05) is 19.6 Å². The van der Waals surface area contributed by atoms with E-state index in [2.05, 4.69) is 17.1 Å². The van der Waals surface area contributed by atoms with Crippen LogP contribution in [0.3, 0.4) is 0 Å². The summed E-state index contributed by atoms with van der Waals surface area (Å²) >= 11 is 6.09. The number of hydrogen-bond donors (Lipinski definition) is 1. The van der Waals surface area contributed by atoms with Crippen molar-refractivity contribution in [3.8, 4) is 0 Å². The minimum absolute atomic E-state index is 0.0950.